The molecule has 0 atom stereocenters. The molecule has 0 heterocycles. The van der Waals surface area contributed by atoms with Gasteiger partial charge in [-0.15, -0.1) is 0 Å². The standard InChI is InChI=1S/C6H12B2Cl4/c9-7(10)5-3-1-2-4-6-8(11)12/h1-6H2. The van der Waals surface area contributed by atoms with Crippen molar-refractivity contribution in [2.75, 3.05) is 0 Å². The Morgan fingerprint density at radius 1 is 0.583 bits per heavy atom. The molecule has 0 aliphatic carbocycles. The SMILES string of the molecule is ClB(Cl)CCCCCCB(Cl)Cl. The van der Waals surface area contributed by atoms with E-state index in [1.807, 2.05) is 0 Å². The van der Waals surface area contributed by atoms with Gasteiger partial charge in [-0.1, -0.05) is 25.7 Å². The average molecular weight is 248 g/mol. The molecule has 12 heavy (non-hydrogen) atoms. The van der Waals surface area contributed by atoms with Crippen LogP contribution in [-0.4, -0.2) is 11.1 Å². The van der Waals surface area contributed by atoms with E-state index in [1.54, 1.807) is 0 Å². The lowest BCUT2D eigenvalue weighted by molar-refractivity contribution is 0.699. The summed E-state index contributed by atoms with van der Waals surface area (Å²) in [5.74, 6) is 0. The van der Waals surface area contributed by atoms with Crippen LogP contribution in [-0.2, 0) is 0 Å². The Labute approximate surface area is 95.1 Å². The summed E-state index contributed by atoms with van der Waals surface area (Å²) < 4.78 is 0. The van der Waals surface area contributed by atoms with Crippen molar-refractivity contribution in [2.45, 2.75) is 38.3 Å². The second kappa shape index (κ2) is 8.87. The molecule has 0 amide bonds. The topological polar surface area (TPSA) is 0 Å². The minimum atomic E-state index is -0.209. The molecule has 0 spiro atoms. The summed E-state index contributed by atoms with van der Waals surface area (Å²) in [6.45, 7) is 0. The molecule has 0 saturated carbocycles. The molecule has 0 unspecified atom stereocenters. The van der Waals surface area contributed by atoms with Crippen LogP contribution in [0, 0.1) is 0 Å². The maximum absolute atomic E-state index is 5.56. The second-order valence-corrected chi connectivity index (χ2v) is 5.33. The molecule has 0 radical (unpaired) electrons. The van der Waals surface area contributed by atoms with Crippen LogP contribution >= 0.6 is 45.8 Å². The number of unbranched alkanes of at least 4 members (excludes halogenated alkanes) is 3. The fourth-order valence-corrected chi connectivity index (χ4v) is 1.57. The molecule has 0 aromatic heterocycles. The van der Waals surface area contributed by atoms with Crippen LogP contribution in [0.1, 0.15) is 25.7 Å². The van der Waals surface area contributed by atoms with Crippen LogP contribution in [0.2, 0.25) is 12.6 Å². The van der Waals surface area contributed by atoms with Gasteiger partial charge in [0.25, 0.3) is 0 Å². The summed E-state index contributed by atoms with van der Waals surface area (Å²) in [5, 5.41) is 0. The minimum absolute atomic E-state index is 0.209. The zero-order valence-electron chi connectivity index (χ0n) is 6.91. The Bertz CT molecular complexity index is 87.5. The minimum Gasteiger partial charge on any atom is -0.172 e. The second-order valence-electron chi connectivity index (χ2n) is 2.77. The van der Waals surface area contributed by atoms with Crippen LogP contribution in [0.3, 0.4) is 0 Å². The Morgan fingerprint density at radius 3 is 1.17 bits per heavy atom. The van der Waals surface area contributed by atoms with Gasteiger partial charge in [-0.05, 0) is 12.6 Å². The van der Waals surface area contributed by atoms with Gasteiger partial charge in [0.05, 0.1) is 0 Å². The average Bonchev–Trinajstić information content (AvgIpc) is 1.95. The summed E-state index contributed by atoms with van der Waals surface area (Å²) >= 11 is 22.3. The van der Waals surface area contributed by atoms with E-state index in [0.29, 0.717) is 0 Å². The molecule has 0 aliphatic rings. The fourth-order valence-electron chi connectivity index (χ4n) is 0.951. The largest absolute Gasteiger partial charge is 0.351 e. The summed E-state index contributed by atoms with van der Waals surface area (Å²) in [7, 11) is 0. The molecule has 0 saturated heterocycles. The summed E-state index contributed by atoms with van der Waals surface area (Å²) in [4.78, 5) is 0. The van der Waals surface area contributed by atoms with Gasteiger partial charge in [0.2, 0.25) is 0 Å². The van der Waals surface area contributed by atoms with Crippen molar-refractivity contribution in [1.29, 1.82) is 0 Å². The van der Waals surface area contributed by atoms with Crippen molar-refractivity contribution in [3.63, 3.8) is 0 Å². The van der Waals surface area contributed by atoms with Gasteiger partial charge in [0.1, 0.15) is 0 Å². The summed E-state index contributed by atoms with van der Waals surface area (Å²) in [6, 6.07) is 0. The highest BCUT2D eigenvalue weighted by Crippen LogP contribution is 2.14. The number of hydrogen-bond acceptors (Lipinski definition) is 0. The predicted molar refractivity (Wildman–Crippen MR) is 63.0 cm³/mol. The molecule has 0 aromatic rings. The normalized spacial score (nSPS) is 10.0. The molecule has 0 nitrogen and oxygen atoms in total. The Morgan fingerprint density at radius 2 is 0.917 bits per heavy atom. The molecule has 0 aromatic carbocycles. The Balaban J connectivity index is 2.91. The van der Waals surface area contributed by atoms with Crippen LogP contribution in [0.4, 0.5) is 0 Å². The monoisotopic (exact) mass is 246 g/mol. The molecule has 70 valence electrons. The van der Waals surface area contributed by atoms with Gasteiger partial charge >= 0.3 is 11.1 Å². The first-order valence-electron chi connectivity index (χ1n) is 4.19. The lowest BCUT2D eigenvalue weighted by Gasteiger charge is -1.99. The third-order valence-electron chi connectivity index (χ3n) is 1.59. The lowest BCUT2D eigenvalue weighted by atomic mass is 9.92. The zero-order chi connectivity index (χ0) is 9.40. The summed E-state index contributed by atoms with van der Waals surface area (Å²) in [6.07, 6.45) is 6.27. The van der Waals surface area contributed by atoms with E-state index in [0.717, 1.165) is 38.3 Å². The molecule has 0 aliphatic heterocycles. The van der Waals surface area contributed by atoms with E-state index in [-0.39, 0.29) is 11.1 Å². The molecule has 0 fully saturated rings. The van der Waals surface area contributed by atoms with Gasteiger partial charge in [-0.25, -0.2) is 0 Å². The van der Waals surface area contributed by atoms with Gasteiger partial charge in [0.15, 0.2) is 0 Å². The number of halogens is 4. The van der Waals surface area contributed by atoms with E-state index in [9.17, 15) is 0 Å². The Kier molecular flexibility index (Phi) is 9.82. The molecule has 6 heteroatoms. The predicted octanol–water partition coefficient (Wildman–Crippen LogP) is 4.48. The van der Waals surface area contributed by atoms with Crippen LogP contribution in [0.25, 0.3) is 0 Å². The highest BCUT2D eigenvalue weighted by molar-refractivity contribution is 7.34. The molecule has 0 rings (SSSR count). The molecule has 0 N–H and O–H groups in total. The van der Waals surface area contributed by atoms with Crippen molar-refractivity contribution in [1.82, 2.24) is 0 Å². The van der Waals surface area contributed by atoms with Crippen molar-refractivity contribution in [2.24, 2.45) is 0 Å². The maximum Gasteiger partial charge on any atom is 0.351 e. The first kappa shape index (κ1) is 13.3. The molecule has 0 bridgehead atoms. The van der Waals surface area contributed by atoms with Gasteiger partial charge in [0, 0.05) is 0 Å². The fraction of sp³-hybridized carbons (Fsp3) is 1.00. The highest BCUT2D eigenvalue weighted by atomic mass is 35.5. The van der Waals surface area contributed by atoms with E-state index in [2.05, 4.69) is 0 Å². The van der Waals surface area contributed by atoms with Crippen molar-refractivity contribution < 1.29 is 0 Å². The maximum atomic E-state index is 5.56. The van der Waals surface area contributed by atoms with Crippen molar-refractivity contribution in [3.8, 4) is 0 Å². The third kappa shape index (κ3) is 11.3. The van der Waals surface area contributed by atoms with Crippen LogP contribution in [0.5, 0.6) is 0 Å². The lowest BCUT2D eigenvalue weighted by Crippen LogP contribution is -1.93. The Hall–Kier alpha value is 1.29. The van der Waals surface area contributed by atoms with E-state index in [1.165, 1.54) is 0 Å². The number of hydrogen-bond donors (Lipinski definition) is 0. The first-order valence-corrected chi connectivity index (χ1v) is 5.94. The van der Waals surface area contributed by atoms with Crippen LogP contribution in [0.15, 0.2) is 0 Å². The molecular weight excluding hydrogens is 236 g/mol. The van der Waals surface area contributed by atoms with Gasteiger partial charge < -0.3 is 0 Å². The zero-order valence-corrected chi connectivity index (χ0v) is 9.93. The quantitative estimate of drug-likeness (QED) is 0.460. The van der Waals surface area contributed by atoms with Crippen molar-refractivity contribution in [3.05, 3.63) is 0 Å². The van der Waals surface area contributed by atoms with Gasteiger partial charge in [-0.2, -0.15) is 45.8 Å². The number of rotatable bonds is 7. The smallest absolute Gasteiger partial charge is 0.172 e. The highest BCUT2D eigenvalue weighted by Gasteiger charge is 2.06. The first-order chi connectivity index (χ1) is 5.63. The third-order valence-corrected chi connectivity index (χ3v) is 2.47. The van der Waals surface area contributed by atoms with E-state index in [4.69, 9.17) is 45.8 Å². The van der Waals surface area contributed by atoms with Crippen LogP contribution < -0.4 is 0 Å². The molecular formula is C6H12B2Cl4. The van der Waals surface area contributed by atoms with Crippen molar-refractivity contribution >= 4 is 56.9 Å². The van der Waals surface area contributed by atoms with Gasteiger partial charge in [-0.3, -0.25) is 0 Å². The van der Waals surface area contributed by atoms with E-state index < -0.39 is 0 Å². The summed E-state index contributed by atoms with van der Waals surface area (Å²) in [5.41, 5.74) is -0.419. The van der Waals surface area contributed by atoms with E-state index >= 15 is 0 Å².